The number of esters is 1. The topological polar surface area (TPSA) is 95.3 Å². The van der Waals surface area contributed by atoms with Gasteiger partial charge in [0.2, 0.25) is 5.91 Å². The van der Waals surface area contributed by atoms with Crippen molar-refractivity contribution in [3.8, 4) is 17.1 Å². The van der Waals surface area contributed by atoms with E-state index in [2.05, 4.69) is 15.5 Å². The SMILES string of the molecule is CCn1c(SCC(=O)Nc2sc3c(c2C(=O)OC)CCCCC3)nnc1-c1ccc(OC)cc1. The Morgan fingerprint density at radius 3 is 2.59 bits per heavy atom. The number of nitrogens with zero attached hydrogens (tertiary/aromatic N) is 3. The second-order valence-corrected chi connectivity index (χ2v) is 9.92. The number of rotatable bonds is 8. The molecule has 4 rings (SSSR count). The number of aromatic nitrogens is 3. The fourth-order valence-electron chi connectivity index (χ4n) is 4.08. The molecule has 1 aromatic carbocycles. The van der Waals surface area contributed by atoms with Gasteiger partial charge in [0.1, 0.15) is 10.8 Å². The maximum Gasteiger partial charge on any atom is 0.341 e. The van der Waals surface area contributed by atoms with E-state index in [-0.39, 0.29) is 11.7 Å². The number of carbonyl (C=O) groups excluding carboxylic acids is 2. The number of amides is 1. The summed E-state index contributed by atoms with van der Waals surface area (Å²) >= 11 is 2.82. The zero-order valence-corrected chi connectivity index (χ0v) is 21.2. The maximum absolute atomic E-state index is 12.8. The van der Waals surface area contributed by atoms with Crippen LogP contribution in [-0.4, -0.2) is 46.6 Å². The van der Waals surface area contributed by atoms with Gasteiger partial charge < -0.3 is 19.4 Å². The van der Waals surface area contributed by atoms with E-state index in [1.54, 1.807) is 7.11 Å². The van der Waals surface area contributed by atoms with E-state index in [1.807, 2.05) is 35.8 Å². The number of ether oxygens (including phenoxy) is 2. The summed E-state index contributed by atoms with van der Waals surface area (Å²) in [5.41, 5.74) is 2.47. The van der Waals surface area contributed by atoms with Crippen molar-refractivity contribution in [3.05, 3.63) is 40.3 Å². The van der Waals surface area contributed by atoms with Gasteiger partial charge in [-0.3, -0.25) is 4.79 Å². The lowest BCUT2D eigenvalue weighted by atomic mass is 10.1. The van der Waals surface area contributed by atoms with Crippen molar-refractivity contribution >= 4 is 40.0 Å². The number of fused-ring (bicyclic) bond motifs is 1. The molecule has 0 saturated heterocycles. The van der Waals surface area contributed by atoms with Gasteiger partial charge in [0.05, 0.1) is 25.5 Å². The van der Waals surface area contributed by atoms with Crippen LogP contribution in [0.5, 0.6) is 5.75 Å². The van der Waals surface area contributed by atoms with Gasteiger partial charge in [0.25, 0.3) is 0 Å². The average molecular weight is 501 g/mol. The summed E-state index contributed by atoms with van der Waals surface area (Å²) < 4.78 is 12.2. The minimum Gasteiger partial charge on any atom is -0.497 e. The van der Waals surface area contributed by atoms with Gasteiger partial charge in [-0.2, -0.15) is 0 Å². The van der Waals surface area contributed by atoms with Crippen LogP contribution in [0.1, 0.15) is 47.0 Å². The van der Waals surface area contributed by atoms with E-state index in [4.69, 9.17) is 9.47 Å². The normalized spacial score (nSPS) is 13.1. The molecule has 0 aliphatic heterocycles. The molecule has 0 spiro atoms. The summed E-state index contributed by atoms with van der Waals surface area (Å²) in [6.07, 6.45) is 5.06. The molecule has 1 N–H and O–H groups in total. The highest BCUT2D eigenvalue weighted by molar-refractivity contribution is 7.99. The van der Waals surface area contributed by atoms with Gasteiger partial charge in [-0.05, 0) is 62.4 Å². The predicted molar refractivity (Wildman–Crippen MR) is 134 cm³/mol. The standard InChI is InChI=1S/C24H28N4O4S2/c1-4-28-21(15-10-12-16(31-2)13-11-15)26-27-24(28)33-14-19(29)25-22-20(23(30)32-3)17-8-6-5-7-9-18(17)34-22/h10-13H,4-9,14H2,1-3H3,(H,25,29). The number of thioether (sulfide) groups is 1. The minimum absolute atomic E-state index is 0.157. The molecule has 8 nitrogen and oxygen atoms in total. The number of carbonyl (C=O) groups is 2. The first-order valence-corrected chi connectivity index (χ1v) is 13.1. The molecule has 34 heavy (non-hydrogen) atoms. The van der Waals surface area contributed by atoms with Crippen LogP contribution < -0.4 is 10.1 Å². The fraction of sp³-hybridized carbons (Fsp3) is 0.417. The number of hydrogen-bond acceptors (Lipinski definition) is 8. The van der Waals surface area contributed by atoms with E-state index in [0.29, 0.717) is 22.3 Å². The van der Waals surface area contributed by atoms with Crippen molar-refractivity contribution in [3.63, 3.8) is 0 Å². The molecule has 10 heteroatoms. The van der Waals surface area contributed by atoms with Crippen LogP contribution in [0.15, 0.2) is 29.4 Å². The number of benzene rings is 1. The lowest BCUT2D eigenvalue weighted by molar-refractivity contribution is -0.113. The summed E-state index contributed by atoms with van der Waals surface area (Å²) in [6.45, 7) is 2.68. The fourth-order valence-corrected chi connectivity index (χ4v) is 6.17. The second kappa shape index (κ2) is 11.1. The van der Waals surface area contributed by atoms with Crippen molar-refractivity contribution < 1.29 is 19.1 Å². The number of methoxy groups -OCH3 is 2. The molecule has 0 atom stereocenters. The van der Waals surface area contributed by atoms with Gasteiger partial charge in [0, 0.05) is 17.0 Å². The maximum atomic E-state index is 12.8. The molecular formula is C24H28N4O4S2. The Bertz CT molecular complexity index is 1170. The molecule has 0 radical (unpaired) electrons. The third-order valence-electron chi connectivity index (χ3n) is 5.78. The van der Waals surface area contributed by atoms with Crippen molar-refractivity contribution in [1.82, 2.24) is 14.8 Å². The van der Waals surface area contributed by atoms with E-state index < -0.39 is 5.97 Å². The first kappa shape index (κ1) is 24.3. The highest BCUT2D eigenvalue weighted by Gasteiger charge is 2.26. The van der Waals surface area contributed by atoms with Crippen molar-refractivity contribution in [2.45, 2.75) is 50.7 Å². The molecule has 0 saturated carbocycles. The second-order valence-electron chi connectivity index (χ2n) is 7.88. The molecule has 180 valence electrons. The zero-order valence-electron chi connectivity index (χ0n) is 19.6. The highest BCUT2D eigenvalue weighted by Crippen LogP contribution is 2.38. The number of thiophene rings is 1. The van der Waals surface area contributed by atoms with Crippen LogP contribution in [0.3, 0.4) is 0 Å². The van der Waals surface area contributed by atoms with Crippen molar-refractivity contribution in [1.29, 1.82) is 0 Å². The summed E-state index contributed by atoms with van der Waals surface area (Å²) in [5, 5.41) is 12.8. The molecule has 1 aliphatic rings. The van der Waals surface area contributed by atoms with Gasteiger partial charge in [0.15, 0.2) is 11.0 Å². The Morgan fingerprint density at radius 1 is 1.12 bits per heavy atom. The van der Waals surface area contributed by atoms with E-state index in [9.17, 15) is 9.59 Å². The lowest BCUT2D eigenvalue weighted by Crippen LogP contribution is -2.16. The van der Waals surface area contributed by atoms with Crippen LogP contribution in [0.25, 0.3) is 11.4 Å². The molecular weight excluding hydrogens is 472 g/mol. The molecule has 0 unspecified atom stereocenters. The molecule has 1 aliphatic carbocycles. The number of nitrogens with one attached hydrogen (secondary N) is 1. The van der Waals surface area contributed by atoms with Gasteiger partial charge in [-0.15, -0.1) is 21.5 Å². The number of anilines is 1. The Labute approximate surface area is 207 Å². The van der Waals surface area contributed by atoms with Gasteiger partial charge in [-0.25, -0.2) is 4.79 Å². The Morgan fingerprint density at radius 2 is 1.88 bits per heavy atom. The Balaban J connectivity index is 1.47. The van der Waals surface area contributed by atoms with Crippen LogP contribution in [0, 0.1) is 0 Å². The van der Waals surface area contributed by atoms with Gasteiger partial charge >= 0.3 is 5.97 Å². The smallest absolute Gasteiger partial charge is 0.341 e. The first-order chi connectivity index (χ1) is 16.5. The van der Waals surface area contributed by atoms with Crippen molar-refractivity contribution in [2.75, 3.05) is 25.3 Å². The molecule has 2 heterocycles. The predicted octanol–water partition coefficient (Wildman–Crippen LogP) is 4.82. The summed E-state index contributed by atoms with van der Waals surface area (Å²) in [7, 11) is 3.01. The van der Waals surface area contributed by atoms with Crippen molar-refractivity contribution in [2.24, 2.45) is 0 Å². The largest absolute Gasteiger partial charge is 0.497 e. The lowest BCUT2D eigenvalue weighted by Gasteiger charge is -2.09. The number of hydrogen-bond donors (Lipinski definition) is 1. The van der Waals surface area contributed by atoms with Crippen LogP contribution >= 0.6 is 23.1 Å². The molecule has 1 amide bonds. The highest BCUT2D eigenvalue weighted by atomic mass is 32.2. The average Bonchev–Trinajstić information content (AvgIpc) is 3.34. The molecule has 3 aromatic rings. The van der Waals surface area contributed by atoms with E-state index in [0.717, 1.165) is 54.8 Å². The number of aryl methyl sites for hydroxylation is 1. The van der Waals surface area contributed by atoms with Gasteiger partial charge in [-0.1, -0.05) is 18.2 Å². The molecule has 2 aromatic heterocycles. The minimum atomic E-state index is -0.391. The molecule has 0 bridgehead atoms. The monoisotopic (exact) mass is 500 g/mol. The summed E-state index contributed by atoms with van der Waals surface area (Å²) in [5.74, 6) is 1.09. The Hall–Kier alpha value is -2.85. The summed E-state index contributed by atoms with van der Waals surface area (Å²) in [4.78, 5) is 26.5. The van der Waals surface area contributed by atoms with Crippen LogP contribution in [-0.2, 0) is 28.9 Å². The summed E-state index contributed by atoms with van der Waals surface area (Å²) in [6, 6.07) is 7.63. The van der Waals surface area contributed by atoms with E-state index >= 15 is 0 Å². The van der Waals surface area contributed by atoms with Crippen LogP contribution in [0.4, 0.5) is 5.00 Å². The molecule has 0 fully saturated rings. The Kier molecular flexibility index (Phi) is 7.89. The third-order valence-corrected chi connectivity index (χ3v) is 7.95. The third kappa shape index (κ3) is 5.12. The zero-order chi connectivity index (χ0) is 24.1. The first-order valence-electron chi connectivity index (χ1n) is 11.3. The van der Waals surface area contributed by atoms with Crippen LogP contribution in [0.2, 0.25) is 0 Å². The quantitative estimate of drug-likeness (QED) is 0.269. The van der Waals surface area contributed by atoms with E-state index in [1.165, 1.54) is 35.1 Å².